The van der Waals surface area contributed by atoms with Crippen LogP contribution in [-0.2, 0) is 10.2 Å². The Morgan fingerprint density at radius 2 is 1.62 bits per heavy atom. The lowest BCUT2D eigenvalue weighted by atomic mass is 9.87. The van der Waals surface area contributed by atoms with E-state index >= 15 is 0 Å². The minimum atomic E-state index is -1.03. The lowest BCUT2D eigenvalue weighted by Crippen LogP contribution is -2.27. The van der Waals surface area contributed by atoms with E-state index in [9.17, 15) is 18.4 Å². The second kappa shape index (κ2) is 8.08. The number of benzene rings is 2. The number of anilines is 1. The van der Waals surface area contributed by atoms with E-state index in [0.717, 1.165) is 17.7 Å². The van der Waals surface area contributed by atoms with Gasteiger partial charge in [-0.1, -0.05) is 32.9 Å². The Kier molecular flexibility index (Phi) is 6.08. The van der Waals surface area contributed by atoms with Crippen molar-refractivity contribution in [1.82, 2.24) is 5.32 Å². The van der Waals surface area contributed by atoms with E-state index in [4.69, 9.17) is 0 Å². The summed E-state index contributed by atoms with van der Waals surface area (Å²) < 4.78 is 25.9. The summed E-state index contributed by atoms with van der Waals surface area (Å²) >= 11 is 0. The maximum atomic E-state index is 13.1. The van der Waals surface area contributed by atoms with Gasteiger partial charge in [0.05, 0.1) is 0 Å². The first kappa shape index (κ1) is 19.6. The molecule has 138 valence electrons. The molecule has 0 aromatic heterocycles. The molecule has 0 aliphatic carbocycles. The van der Waals surface area contributed by atoms with Crippen LogP contribution in [0.15, 0.2) is 42.5 Å². The van der Waals surface area contributed by atoms with Crippen molar-refractivity contribution in [1.29, 1.82) is 0 Å². The van der Waals surface area contributed by atoms with E-state index in [2.05, 4.69) is 31.4 Å². The van der Waals surface area contributed by atoms with Gasteiger partial charge in [-0.25, -0.2) is 8.78 Å². The van der Waals surface area contributed by atoms with Gasteiger partial charge in [0.2, 0.25) is 5.91 Å². The Morgan fingerprint density at radius 1 is 0.962 bits per heavy atom. The van der Waals surface area contributed by atoms with Gasteiger partial charge in [0.25, 0.3) is 5.91 Å². The van der Waals surface area contributed by atoms with Crippen LogP contribution in [-0.4, -0.2) is 18.4 Å². The zero-order chi connectivity index (χ0) is 19.3. The highest BCUT2D eigenvalue weighted by Gasteiger charge is 2.14. The molecule has 2 N–H and O–H groups in total. The van der Waals surface area contributed by atoms with Crippen molar-refractivity contribution < 1.29 is 18.4 Å². The molecule has 26 heavy (non-hydrogen) atoms. The van der Waals surface area contributed by atoms with Gasteiger partial charge in [-0.15, -0.1) is 0 Å². The molecule has 0 saturated heterocycles. The topological polar surface area (TPSA) is 58.2 Å². The maximum absolute atomic E-state index is 13.1. The number of nitrogens with one attached hydrogen (secondary N) is 2. The summed E-state index contributed by atoms with van der Waals surface area (Å²) in [4.78, 5) is 23.9. The number of hydrogen-bond acceptors (Lipinski definition) is 2. The third kappa shape index (κ3) is 5.37. The second-order valence-corrected chi connectivity index (χ2v) is 7.01. The Morgan fingerprint density at radius 3 is 2.19 bits per heavy atom. The van der Waals surface area contributed by atoms with Gasteiger partial charge in [-0.05, 0) is 35.2 Å². The summed E-state index contributed by atoms with van der Waals surface area (Å²) in [6, 6.07) is 10.4. The molecule has 0 bridgehead atoms. The Bertz CT molecular complexity index is 796. The summed E-state index contributed by atoms with van der Waals surface area (Å²) in [5, 5.41) is 5.11. The molecule has 4 nitrogen and oxygen atoms in total. The van der Waals surface area contributed by atoms with Crippen molar-refractivity contribution in [2.45, 2.75) is 32.6 Å². The Hall–Kier alpha value is -2.76. The van der Waals surface area contributed by atoms with Crippen molar-refractivity contribution in [3.05, 3.63) is 65.2 Å². The van der Waals surface area contributed by atoms with Crippen LogP contribution in [0.1, 0.15) is 43.1 Å². The lowest BCUT2D eigenvalue weighted by molar-refractivity contribution is -0.116. The fourth-order valence-electron chi connectivity index (χ4n) is 2.31. The van der Waals surface area contributed by atoms with Crippen LogP contribution in [0.4, 0.5) is 14.5 Å². The van der Waals surface area contributed by atoms with Gasteiger partial charge in [-0.3, -0.25) is 9.59 Å². The molecule has 6 heteroatoms. The van der Waals surface area contributed by atoms with Crippen LogP contribution in [0.2, 0.25) is 0 Å². The van der Waals surface area contributed by atoms with Crippen LogP contribution >= 0.6 is 0 Å². The average Bonchev–Trinajstić information content (AvgIpc) is 2.57. The number of hydrogen-bond donors (Lipinski definition) is 2. The molecular weight excluding hydrogens is 338 g/mol. The highest BCUT2D eigenvalue weighted by atomic mass is 19.2. The first-order valence-electron chi connectivity index (χ1n) is 8.30. The number of halogens is 2. The molecule has 0 fully saturated rings. The van der Waals surface area contributed by atoms with Gasteiger partial charge in [0.1, 0.15) is 0 Å². The molecule has 2 rings (SSSR count). The standard InChI is InChI=1S/C20H22F2N2O2/c1-20(2,3)14-6-4-13(5-7-14)19(26)23-11-10-18(25)24-15-8-9-16(21)17(22)12-15/h4-9,12H,10-11H2,1-3H3,(H,23,26)(H,24,25). The molecule has 0 heterocycles. The third-order valence-corrected chi connectivity index (χ3v) is 3.85. The molecule has 0 spiro atoms. The van der Waals surface area contributed by atoms with Crippen LogP contribution in [0.25, 0.3) is 0 Å². The molecule has 0 radical (unpaired) electrons. The predicted molar refractivity (Wildman–Crippen MR) is 97.1 cm³/mol. The molecule has 2 amide bonds. The van der Waals surface area contributed by atoms with Crippen molar-refractivity contribution in [3.63, 3.8) is 0 Å². The summed E-state index contributed by atoms with van der Waals surface area (Å²) in [6.07, 6.45) is 0.0187. The van der Waals surface area contributed by atoms with Crippen molar-refractivity contribution in [2.24, 2.45) is 0 Å². The van der Waals surface area contributed by atoms with Crippen molar-refractivity contribution >= 4 is 17.5 Å². The predicted octanol–water partition coefficient (Wildman–Crippen LogP) is 4.02. The lowest BCUT2D eigenvalue weighted by Gasteiger charge is -2.19. The van der Waals surface area contributed by atoms with Crippen molar-refractivity contribution in [3.8, 4) is 0 Å². The molecule has 2 aromatic carbocycles. The quantitative estimate of drug-likeness (QED) is 0.846. The fourth-order valence-corrected chi connectivity index (χ4v) is 2.31. The largest absolute Gasteiger partial charge is 0.352 e. The number of carbonyl (C=O) groups is 2. The summed E-state index contributed by atoms with van der Waals surface area (Å²) in [5.41, 5.74) is 1.81. The van der Waals surface area contributed by atoms with E-state index < -0.39 is 17.5 Å². The fraction of sp³-hybridized carbons (Fsp3) is 0.300. The molecule has 0 unspecified atom stereocenters. The van der Waals surface area contributed by atoms with Gasteiger partial charge < -0.3 is 10.6 Å². The Balaban J connectivity index is 1.82. The number of rotatable bonds is 5. The van der Waals surface area contributed by atoms with E-state index in [1.165, 1.54) is 6.07 Å². The summed E-state index contributed by atoms with van der Waals surface area (Å²) in [7, 11) is 0. The first-order valence-corrected chi connectivity index (χ1v) is 8.30. The van der Waals surface area contributed by atoms with Gasteiger partial charge >= 0.3 is 0 Å². The van der Waals surface area contributed by atoms with E-state index in [1.54, 1.807) is 12.1 Å². The van der Waals surface area contributed by atoms with Crippen molar-refractivity contribution in [2.75, 3.05) is 11.9 Å². The highest BCUT2D eigenvalue weighted by Crippen LogP contribution is 2.22. The summed E-state index contributed by atoms with van der Waals surface area (Å²) in [6.45, 7) is 6.41. The molecule has 0 aliphatic heterocycles. The average molecular weight is 360 g/mol. The summed E-state index contributed by atoms with van der Waals surface area (Å²) in [5.74, 6) is -2.69. The molecule has 2 aromatic rings. The van der Waals surface area contributed by atoms with Gasteiger partial charge in [0, 0.05) is 30.3 Å². The van der Waals surface area contributed by atoms with Crippen LogP contribution in [0, 0.1) is 11.6 Å². The molecular formula is C20H22F2N2O2. The first-order chi connectivity index (χ1) is 12.2. The van der Waals surface area contributed by atoms with E-state index in [-0.39, 0.29) is 30.0 Å². The van der Waals surface area contributed by atoms with Gasteiger partial charge in [0.15, 0.2) is 11.6 Å². The van der Waals surface area contributed by atoms with Gasteiger partial charge in [-0.2, -0.15) is 0 Å². The second-order valence-electron chi connectivity index (χ2n) is 7.01. The number of carbonyl (C=O) groups excluding carboxylic acids is 2. The monoisotopic (exact) mass is 360 g/mol. The van der Waals surface area contributed by atoms with Crippen LogP contribution in [0.3, 0.4) is 0 Å². The molecule has 0 atom stereocenters. The zero-order valence-electron chi connectivity index (χ0n) is 15.0. The molecule has 0 aliphatic rings. The Labute approximate surface area is 151 Å². The SMILES string of the molecule is CC(C)(C)c1ccc(C(=O)NCCC(=O)Nc2ccc(F)c(F)c2)cc1. The maximum Gasteiger partial charge on any atom is 0.251 e. The minimum absolute atomic E-state index is 0.00687. The van der Waals surface area contributed by atoms with Crippen LogP contribution in [0.5, 0.6) is 0 Å². The van der Waals surface area contributed by atoms with E-state index in [0.29, 0.717) is 5.56 Å². The normalized spacial score (nSPS) is 11.1. The molecule has 0 saturated carbocycles. The van der Waals surface area contributed by atoms with Crippen LogP contribution < -0.4 is 10.6 Å². The minimum Gasteiger partial charge on any atom is -0.352 e. The highest BCUT2D eigenvalue weighted by molar-refractivity contribution is 5.95. The smallest absolute Gasteiger partial charge is 0.251 e. The van der Waals surface area contributed by atoms with E-state index in [1.807, 2.05) is 12.1 Å². The number of amides is 2. The zero-order valence-corrected chi connectivity index (χ0v) is 15.0. The third-order valence-electron chi connectivity index (χ3n) is 3.85.